The van der Waals surface area contributed by atoms with Gasteiger partial charge < -0.3 is 16.0 Å². The minimum absolute atomic E-state index is 0.261. The highest BCUT2D eigenvalue weighted by molar-refractivity contribution is 6.40. The molecule has 158 valence electrons. The van der Waals surface area contributed by atoms with Crippen LogP contribution in [0.1, 0.15) is 35.7 Å². The Labute approximate surface area is 176 Å². The van der Waals surface area contributed by atoms with Crippen molar-refractivity contribution >= 4 is 23.4 Å². The summed E-state index contributed by atoms with van der Waals surface area (Å²) in [7, 11) is 0. The molecule has 8 heteroatoms. The van der Waals surface area contributed by atoms with Crippen molar-refractivity contribution in [2.75, 3.05) is 25.0 Å². The second-order valence-electron chi connectivity index (χ2n) is 7.18. The fraction of sp³-hybridized carbons (Fsp3) is 0.364. The highest BCUT2D eigenvalue weighted by Crippen LogP contribution is 2.16. The normalized spacial score (nSPS) is 16.1. The van der Waals surface area contributed by atoms with Crippen LogP contribution in [0.5, 0.6) is 0 Å². The predicted molar refractivity (Wildman–Crippen MR) is 114 cm³/mol. The van der Waals surface area contributed by atoms with E-state index in [1.807, 2.05) is 6.07 Å². The number of likely N-dealkylation sites (tertiary alicyclic amines) is 1. The van der Waals surface area contributed by atoms with Crippen molar-refractivity contribution in [3.05, 3.63) is 59.9 Å². The lowest BCUT2D eigenvalue weighted by Crippen LogP contribution is -2.43. The van der Waals surface area contributed by atoms with Crippen LogP contribution in [0.2, 0.25) is 0 Å². The number of pyridine rings is 1. The fourth-order valence-electron chi connectivity index (χ4n) is 3.58. The molecule has 1 aromatic carbocycles. The number of aromatic nitrogens is 1. The van der Waals surface area contributed by atoms with E-state index in [0.29, 0.717) is 13.1 Å². The molecule has 3 N–H and O–H groups in total. The Morgan fingerprint density at radius 3 is 2.70 bits per heavy atom. The van der Waals surface area contributed by atoms with Gasteiger partial charge in [0, 0.05) is 31.5 Å². The number of likely N-dealkylation sites (N-methyl/N-ethyl adjacent to an activating group) is 1. The van der Waals surface area contributed by atoms with Crippen LogP contribution < -0.4 is 16.0 Å². The van der Waals surface area contributed by atoms with Gasteiger partial charge in [0.15, 0.2) is 0 Å². The van der Waals surface area contributed by atoms with Crippen molar-refractivity contribution in [3.63, 3.8) is 0 Å². The van der Waals surface area contributed by atoms with Gasteiger partial charge >= 0.3 is 11.8 Å². The zero-order valence-corrected chi connectivity index (χ0v) is 17.1. The van der Waals surface area contributed by atoms with Crippen LogP contribution in [0.3, 0.4) is 0 Å². The third-order valence-corrected chi connectivity index (χ3v) is 5.21. The average molecular weight is 409 g/mol. The molecule has 0 bridgehead atoms. The van der Waals surface area contributed by atoms with Crippen molar-refractivity contribution in [2.45, 2.75) is 32.4 Å². The van der Waals surface area contributed by atoms with Gasteiger partial charge in [-0.05, 0) is 49.7 Å². The second-order valence-corrected chi connectivity index (χ2v) is 7.18. The quantitative estimate of drug-likeness (QED) is 0.602. The Hall–Kier alpha value is -3.26. The van der Waals surface area contributed by atoms with Crippen molar-refractivity contribution in [1.29, 1.82) is 0 Å². The summed E-state index contributed by atoms with van der Waals surface area (Å²) in [5, 5.41) is 8.05. The Balaban J connectivity index is 1.56. The SMILES string of the molecule is CCN1CCCC1CNC(=O)C(=O)Nc1ccccc1C(=O)NCc1cccnc1. The molecule has 30 heavy (non-hydrogen) atoms. The first-order valence-corrected chi connectivity index (χ1v) is 10.2. The number of rotatable bonds is 7. The van der Waals surface area contributed by atoms with Gasteiger partial charge in [0.1, 0.15) is 0 Å². The summed E-state index contributed by atoms with van der Waals surface area (Å²) in [6.45, 7) is 4.78. The molecule has 1 aromatic heterocycles. The van der Waals surface area contributed by atoms with E-state index in [0.717, 1.165) is 31.5 Å². The average Bonchev–Trinajstić information content (AvgIpc) is 3.24. The van der Waals surface area contributed by atoms with Gasteiger partial charge in [-0.3, -0.25) is 24.3 Å². The Morgan fingerprint density at radius 1 is 1.10 bits per heavy atom. The maximum absolute atomic E-state index is 12.6. The molecule has 3 amide bonds. The van der Waals surface area contributed by atoms with E-state index in [-0.39, 0.29) is 23.2 Å². The molecule has 8 nitrogen and oxygen atoms in total. The van der Waals surface area contributed by atoms with Gasteiger partial charge in [0.25, 0.3) is 5.91 Å². The number of carbonyl (C=O) groups is 3. The van der Waals surface area contributed by atoms with E-state index in [4.69, 9.17) is 0 Å². The summed E-state index contributed by atoms with van der Waals surface area (Å²) in [5.74, 6) is -1.84. The first-order valence-electron chi connectivity index (χ1n) is 10.2. The van der Waals surface area contributed by atoms with Crippen molar-refractivity contribution in [2.24, 2.45) is 0 Å². The van der Waals surface area contributed by atoms with E-state index in [2.05, 4.69) is 32.8 Å². The van der Waals surface area contributed by atoms with Gasteiger partial charge in [0.2, 0.25) is 0 Å². The first-order chi connectivity index (χ1) is 14.6. The second kappa shape index (κ2) is 10.5. The van der Waals surface area contributed by atoms with Gasteiger partial charge in [-0.1, -0.05) is 25.1 Å². The standard InChI is InChI=1S/C22H27N5O3/c1-2-27-12-6-8-17(27)15-25-21(29)22(30)26-19-10-4-3-9-18(19)20(28)24-14-16-7-5-11-23-13-16/h3-5,7,9-11,13,17H,2,6,8,12,14-15H2,1H3,(H,24,28)(H,25,29)(H,26,30). The summed E-state index contributed by atoms with van der Waals surface area (Å²) in [4.78, 5) is 43.5. The fourth-order valence-corrected chi connectivity index (χ4v) is 3.58. The minimum Gasteiger partial charge on any atom is -0.348 e. The van der Waals surface area contributed by atoms with E-state index in [9.17, 15) is 14.4 Å². The van der Waals surface area contributed by atoms with E-state index in [1.165, 1.54) is 0 Å². The molecule has 0 spiro atoms. The summed E-state index contributed by atoms with van der Waals surface area (Å²) in [6, 6.07) is 10.5. The molecule has 1 unspecified atom stereocenters. The third kappa shape index (κ3) is 5.64. The van der Waals surface area contributed by atoms with E-state index in [1.54, 1.807) is 42.7 Å². The molecule has 2 heterocycles. The lowest BCUT2D eigenvalue weighted by molar-refractivity contribution is -0.136. The first kappa shape index (κ1) is 21.4. The third-order valence-electron chi connectivity index (χ3n) is 5.21. The highest BCUT2D eigenvalue weighted by atomic mass is 16.2. The molecule has 3 rings (SSSR count). The summed E-state index contributed by atoms with van der Waals surface area (Å²) >= 11 is 0. The number of nitrogens with zero attached hydrogens (tertiary/aromatic N) is 2. The van der Waals surface area contributed by atoms with Gasteiger partial charge in [-0.15, -0.1) is 0 Å². The molecular formula is C22H27N5O3. The van der Waals surface area contributed by atoms with Gasteiger partial charge in [-0.2, -0.15) is 0 Å². The van der Waals surface area contributed by atoms with Gasteiger partial charge in [0.05, 0.1) is 11.3 Å². The molecule has 2 aromatic rings. The lowest BCUT2D eigenvalue weighted by Gasteiger charge is -2.22. The topological polar surface area (TPSA) is 103 Å². The number of anilines is 1. The number of amides is 3. The zero-order chi connectivity index (χ0) is 21.3. The summed E-state index contributed by atoms with van der Waals surface area (Å²) < 4.78 is 0. The maximum Gasteiger partial charge on any atom is 0.313 e. The lowest BCUT2D eigenvalue weighted by atomic mass is 10.1. The Bertz CT molecular complexity index is 887. The maximum atomic E-state index is 12.6. The van der Waals surface area contributed by atoms with Crippen LogP contribution >= 0.6 is 0 Å². The molecule has 1 fully saturated rings. The molecule has 1 atom stereocenters. The predicted octanol–water partition coefficient (Wildman–Crippen LogP) is 1.55. The molecule has 0 aliphatic carbocycles. The van der Waals surface area contributed by atoms with Crippen LogP contribution in [0.4, 0.5) is 5.69 Å². The minimum atomic E-state index is -0.788. The van der Waals surface area contributed by atoms with Crippen LogP contribution in [-0.2, 0) is 16.1 Å². The highest BCUT2D eigenvalue weighted by Gasteiger charge is 2.25. The number of carbonyl (C=O) groups excluding carboxylic acids is 3. The van der Waals surface area contributed by atoms with Crippen molar-refractivity contribution < 1.29 is 14.4 Å². The number of para-hydroxylation sites is 1. The molecule has 1 aliphatic rings. The van der Waals surface area contributed by atoms with Crippen LogP contribution in [0.25, 0.3) is 0 Å². The number of hydrogen-bond acceptors (Lipinski definition) is 5. The van der Waals surface area contributed by atoms with E-state index < -0.39 is 11.8 Å². The molecule has 0 radical (unpaired) electrons. The van der Waals surface area contributed by atoms with Crippen LogP contribution in [-0.4, -0.2) is 53.3 Å². The molecular weight excluding hydrogens is 382 g/mol. The number of nitrogens with one attached hydrogen (secondary N) is 3. The van der Waals surface area contributed by atoms with Crippen LogP contribution in [0, 0.1) is 0 Å². The largest absolute Gasteiger partial charge is 0.348 e. The molecule has 0 saturated carbocycles. The number of hydrogen-bond donors (Lipinski definition) is 3. The Morgan fingerprint density at radius 2 is 1.93 bits per heavy atom. The summed E-state index contributed by atoms with van der Waals surface area (Å²) in [5.41, 5.74) is 1.44. The monoisotopic (exact) mass is 409 g/mol. The number of benzene rings is 1. The smallest absolute Gasteiger partial charge is 0.313 e. The van der Waals surface area contributed by atoms with E-state index >= 15 is 0 Å². The van der Waals surface area contributed by atoms with Crippen molar-refractivity contribution in [1.82, 2.24) is 20.5 Å². The Kier molecular flexibility index (Phi) is 7.51. The van der Waals surface area contributed by atoms with Crippen LogP contribution in [0.15, 0.2) is 48.8 Å². The van der Waals surface area contributed by atoms with Crippen molar-refractivity contribution in [3.8, 4) is 0 Å². The molecule has 1 saturated heterocycles. The molecule has 1 aliphatic heterocycles. The zero-order valence-electron chi connectivity index (χ0n) is 17.1. The summed E-state index contributed by atoms with van der Waals surface area (Å²) in [6.07, 6.45) is 5.44. The van der Waals surface area contributed by atoms with Gasteiger partial charge in [-0.25, -0.2) is 0 Å².